The van der Waals surface area contributed by atoms with Crippen LogP contribution in [0, 0.1) is 5.92 Å². The maximum Gasteiger partial charge on any atom is 0.0547 e. The van der Waals surface area contributed by atoms with Crippen LogP contribution in [-0.4, -0.2) is 26.3 Å². The zero-order valence-electron chi connectivity index (χ0n) is 9.72. The molecule has 0 aromatic heterocycles. The number of ether oxygens (including phenoxy) is 1. The Kier molecular flexibility index (Phi) is 6.20. The molecule has 0 aliphatic heterocycles. The number of hydrogen-bond acceptors (Lipinski definition) is 2. The molecule has 84 valence electrons. The van der Waals surface area contributed by atoms with Gasteiger partial charge in [0.05, 0.1) is 6.10 Å². The van der Waals surface area contributed by atoms with Gasteiger partial charge in [0.25, 0.3) is 0 Å². The average Bonchev–Trinajstić information content (AvgIpc) is 2.68. The molecule has 0 radical (unpaired) electrons. The SMILES string of the molecule is CNCCCC(C)OCC1CCCC1. The third-order valence-electron chi connectivity index (χ3n) is 3.13. The second-order valence-corrected chi connectivity index (χ2v) is 4.54. The van der Waals surface area contributed by atoms with Crippen LogP contribution in [0.25, 0.3) is 0 Å². The molecule has 1 fully saturated rings. The van der Waals surface area contributed by atoms with Crippen molar-refractivity contribution in [3.63, 3.8) is 0 Å². The normalized spacial score (nSPS) is 20.1. The minimum absolute atomic E-state index is 0.448. The summed E-state index contributed by atoms with van der Waals surface area (Å²) in [7, 11) is 2.00. The monoisotopic (exact) mass is 199 g/mol. The van der Waals surface area contributed by atoms with E-state index in [1.54, 1.807) is 0 Å². The van der Waals surface area contributed by atoms with E-state index in [0.29, 0.717) is 6.10 Å². The van der Waals surface area contributed by atoms with Gasteiger partial charge < -0.3 is 10.1 Å². The topological polar surface area (TPSA) is 21.3 Å². The lowest BCUT2D eigenvalue weighted by atomic mass is 10.1. The molecule has 0 heterocycles. The first-order valence-electron chi connectivity index (χ1n) is 6.09. The van der Waals surface area contributed by atoms with Crippen molar-refractivity contribution in [1.82, 2.24) is 5.32 Å². The molecule has 0 amide bonds. The Labute approximate surface area is 88.4 Å². The van der Waals surface area contributed by atoms with Crippen LogP contribution in [0.5, 0.6) is 0 Å². The van der Waals surface area contributed by atoms with Gasteiger partial charge in [-0.3, -0.25) is 0 Å². The van der Waals surface area contributed by atoms with Gasteiger partial charge in [0.1, 0.15) is 0 Å². The standard InChI is InChI=1S/C12H25NO/c1-11(6-5-9-13-2)14-10-12-7-3-4-8-12/h11-13H,3-10H2,1-2H3. The average molecular weight is 199 g/mol. The zero-order valence-corrected chi connectivity index (χ0v) is 9.72. The van der Waals surface area contributed by atoms with Crippen LogP contribution in [0.1, 0.15) is 45.4 Å². The smallest absolute Gasteiger partial charge is 0.0547 e. The molecule has 1 atom stereocenters. The van der Waals surface area contributed by atoms with Gasteiger partial charge in [0.2, 0.25) is 0 Å². The summed E-state index contributed by atoms with van der Waals surface area (Å²) in [6.07, 6.45) is 8.48. The molecule has 0 bridgehead atoms. The van der Waals surface area contributed by atoms with E-state index >= 15 is 0 Å². The summed E-state index contributed by atoms with van der Waals surface area (Å²) in [5, 5.41) is 3.16. The molecule has 0 spiro atoms. The highest BCUT2D eigenvalue weighted by Crippen LogP contribution is 2.25. The fourth-order valence-corrected chi connectivity index (χ4v) is 2.13. The summed E-state index contributed by atoms with van der Waals surface area (Å²) in [5.41, 5.74) is 0. The van der Waals surface area contributed by atoms with E-state index in [9.17, 15) is 0 Å². The molecule has 0 saturated heterocycles. The van der Waals surface area contributed by atoms with Crippen molar-refractivity contribution in [2.45, 2.75) is 51.6 Å². The Hall–Kier alpha value is -0.0800. The van der Waals surface area contributed by atoms with Gasteiger partial charge in [-0.25, -0.2) is 0 Å². The van der Waals surface area contributed by atoms with E-state index in [2.05, 4.69) is 12.2 Å². The van der Waals surface area contributed by atoms with E-state index in [1.165, 1.54) is 38.5 Å². The van der Waals surface area contributed by atoms with Gasteiger partial charge in [-0.05, 0) is 52.1 Å². The van der Waals surface area contributed by atoms with Crippen LogP contribution in [0.15, 0.2) is 0 Å². The Bertz CT molecular complexity index is 132. The predicted molar refractivity (Wildman–Crippen MR) is 60.5 cm³/mol. The molecule has 1 aliphatic carbocycles. The van der Waals surface area contributed by atoms with Crippen LogP contribution in [-0.2, 0) is 4.74 Å². The number of nitrogens with one attached hydrogen (secondary N) is 1. The third kappa shape index (κ3) is 4.97. The van der Waals surface area contributed by atoms with Gasteiger partial charge in [0.15, 0.2) is 0 Å². The maximum absolute atomic E-state index is 5.84. The number of hydrogen-bond donors (Lipinski definition) is 1. The van der Waals surface area contributed by atoms with E-state index in [0.717, 1.165) is 19.1 Å². The molecular weight excluding hydrogens is 174 g/mol. The van der Waals surface area contributed by atoms with Crippen molar-refractivity contribution in [3.8, 4) is 0 Å². The van der Waals surface area contributed by atoms with Gasteiger partial charge in [-0.1, -0.05) is 12.8 Å². The highest BCUT2D eigenvalue weighted by Gasteiger charge is 2.15. The quantitative estimate of drug-likeness (QED) is 0.636. The maximum atomic E-state index is 5.84. The largest absolute Gasteiger partial charge is 0.378 e. The fraction of sp³-hybridized carbons (Fsp3) is 1.00. The lowest BCUT2D eigenvalue weighted by molar-refractivity contribution is 0.0356. The van der Waals surface area contributed by atoms with Crippen molar-refractivity contribution in [2.24, 2.45) is 5.92 Å². The van der Waals surface area contributed by atoms with Crippen LogP contribution in [0.4, 0.5) is 0 Å². The first-order chi connectivity index (χ1) is 6.83. The summed E-state index contributed by atoms with van der Waals surface area (Å²) in [6, 6.07) is 0. The zero-order chi connectivity index (χ0) is 10.2. The van der Waals surface area contributed by atoms with Gasteiger partial charge in [-0.2, -0.15) is 0 Å². The van der Waals surface area contributed by atoms with Crippen LogP contribution >= 0.6 is 0 Å². The number of rotatable bonds is 7. The second-order valence-electron chi connectivity index (χ2n) is 4.54. The van der Waals surface area contributed by atoms with E-state index in [-0.39, 0.29) is 0 Å². The first kappa shape index (κ1) is 12.0. The summed E-state index contributed by atoms with van der Waals surface area (Å²) in [6.45, 7) is 4.31. The minimum Gasteiger partial charge on any atom is -0.378 e. The van der Waals surface area contributed by atoms with Crippen molar-refractivity contribution in [3.05, 3.63) is 0 Å². The van der Waals surface area contributed by atoms with Crippen molar-refractivity contribution >= 4 is 0 Å². The third-order valence-corrected chi connectivity index (χ3v) is 3.13. The Morgan fingerprint density at radius 1 is 1.36 bits per heavy atom. The molecule has 1 aliphatic rings. The molecule has 1 saturated carbocycles. The Morgan fingerprint density at radius 3 is 2.71 bits per heavy atom. The van der Waals surface area contributed by atoms with Gasteiger partial charge in [-0.15, -0.1) is 0 Å². The molecule has 2 heteroatoms. The van der Waals surface area contributed by atoms with Crippen LogP contribution < -0.4 is 5.32 Å². The first-order valence-corrected chi connectivity index (χ1v) is 6.09. The summed E-state index contributed by atoms with van der Waals surface area (Å²) < 4.78 is 5.84. The molecule has 1 N–H and O–H groups in total. The fourth-order valence-electron chi connectivity index (χ4n) is 2.13. The van der Waals surface area contributed by atoms with Crippen molar-refractivity contribution in [1.29, 1.82) is 0 Å². The molecule has 0 aromatic rings. The minimum atomic E-state index is 0.448. The van der Waals surface area contributed by atoms with Crippen molar-refractivity contribution < 1.29 is 4.74 Å². The Morgan fingerprint density at radius 2 is 2.07 bits per heavy atom. The molecule has 0 aromatic carbocycles. The Balaban J connectivity index is 1.93. The van der Waals surface area contributed by atoms with Crippen molar-refractivity contribution in [2.75, 3.05) is 20.2 Å². The molecule has 1 rings (SSSR count). The van der Waals surface area contributed by atoms with Gasteiger partial charge >= 0.3 is 0 Å². The summed E-state index contributed by atoms with van der Waals surface area (Å²) >= 11 is 0. The van der Waals surface area contributed by atoms with Crippen LogP contribution in [0.3, 0.4) is 0 Å². The highest BCUT2D eigenvalue weighted by molar-refractivity contribution is 4.67. The van der Waals surface area contributed by atoms with E-state index in [1.807, 2.05) is 7.05 Å². The van der Waals surface area contributed by atoms with E-state index in [4.69, 9.17) is 4.74 Å². The molecule has 1 unspecified atom stereocenters. The molecule has 14 heavy (non-hydrogen) atoms. The van der Waals surface area contributed by atoms with Gasteiger partial charge in [0, 0.05) is 6.61 Å². The predicted octanol–water partition coefficient (Wildman–Crippen LogP) is 2.58. The molecular formula is C12H25NO. The summed E-state index contributed by atoms with van der Waals surface area (Å²) in [4.78, 5) is 0. The van der Waals surface area contributed by atoms with Crippen LogP contribution in [0.2, 0.25) is 0 Å². The highest BCUT2D eigenvalue weighted by atomic mass is 16.5. The lowest BCUT2D eigenvalue weighted by Gasteiger charge is -2.16. The summed E-state index contributed by atoms with van der Waals surface area (Å²) in [5.74, 6) is 0.863. The van der Waals surface area contributed by atoms with E-state index < -0.39 is 0 Å². The second kappa shape index (κ2) is 7.24. The molecule has 2 nitrogen and oxygen atoms in total. The lowest BCUT2D eigenvalue weighted by Crippen LogP contribution is -2.16.